The zero-order valence-electron chi connectivity index (χ0n) is 20.0. The standard InChI is InChI=1S/C25H39N5O.HI/c1-5-19(6-2)24(31)30-15-12-21(13-16-30)29-25(26-7-3)27-14-11-20-17-28-23-18(4)9-8-10-22(20)23;/h8-10,17,19,21,28H,5-7,11-16H2,1-4H3,(H2,26,27,29);1H. The number of H-pyrrole nitrogens is 1. The Morgan fingerprint density at radius 1 is 1.22 bits per heavy atom. The zero-order chi connectivity index (χ0) is 22.2. The van der Waals surface area contributed by atoms with Gasteiger partial charge in [-0.25, -0.2) is 0 Å². The number of aromatic amines is 1. The number of hydrogen-bond acceptors (Lipinski definition) is 2. The van der Waals surface area contributed by atoms with Crippen LogP contribution in [0.4, 0.5) is 0 Å². The van der Waals surface area contributed by atoms with Gasteiger partial charge in [0.25, 0.3) is 0 Å². The Hall–Kier alpha value is -1.77. The summed E-state index contributed by atoms with van der Waals surface area (Å²) in [4.78, 5) is 22.9. The number of halogens is 1. The molecule has 1 saturated heterocycles. The predicted molar refractivity (Wildman–Crippen MR) is 145 cm³/mol. The number of piperidine rings is 1. The van der Waals surface area contributed by atoms with E-state index < -0.39 is 0 Å². The van der Waals surface area contributed by atoms with Crippen molar-refractivity contribution < 1.29 is 4.79 Å². The first-order valence-electron chi connectivity index (χ1n) is 12.0. The number of nitrogens with one attached hydrogen (secondary N) is 3. The Morgan fingerprint density at radius 3 is 2.59 bits per heavy atom. The number of likely N-dealkylation sites (tertiary alicyclic amines) is 1. The van der Waals surface area contributed by atoms with Crippen molar-refractivity contribution in [2.75, 3.05) is 26.2 Å². The summed E-state index contributed by atoms with van der Waals surface area (Å²) in [6, 6.07) is 6.79. The number of guanidine groups is 1. The number of rotatable bonds is 8. The number of aromatic nitrogens is 1. The summed E-state index contributed by atoms with van der Waals surface area (Å²) in [5, 5.41) is 8.26. The van der Waals surface area contributed by atoms with E-state index in [0.717, 1.165) is 64.2 Å². The summed E-state index contributed by atoms with van der Waals surface area (Å²) in [5.41, 5.74) is 3.81. The molecule has 0 radical (unpaired) electrons. The van der Waals surface area contributed by atoms with Crippen LogP contribution in [0.3, 0.4) is 0 Å². The minimum Gasteiger partial charge on any atom is -0.361 e. The van der Waals surface area contributed by atoms with Crippen LogP contribution < -0.4 is 10.6 Å². The van der Waals surface area contributed by atoms with E-state index in [0.29, 0.717) is 11.9 Å². The van der Waals surface area contributed by atoms with Crippen LogP contribution >= 0.6 is 24.0 Å². The molecule has 0 aliphatic carbocycles. The number of para-hydroxylation sites is 1. The molecule has 2 aromatic rings. The lowest BCUT2D eigenvalue weighted by atomic mass is 9.98. The Kier molecular flexibility index (Phi) is 10.8. The number of benzene rings is 1. The van der Waals surface area contributed by atoms with Crippen LogP contribution in [0.1, 0.15) is 57.6 Å². The van der Waals surface area contributed by atoms with Gasteiger partial charge in [0.05, 0.1) is 0 Å². The number of fused-ring (bicyclic) bond motifs is 1. The van der Waals surface area contributed by atoms with Gasteiger partial charge in [-0.2, -0.15) is 0 Å². The first-order valence-corrected chi connectivity index (χ1v) is 12.0. The van der Waals surface area contributed by atoms with Crippen LogP contribution in [-0.2, 0) is 11.2 Å². The van der Waals surface area contributed by atoms with Crippen LogP contribution in [0, 0.1) is 12.8 Å². The van der Waals surface area contributed by atoms with E-state index in [2.05, 4.69) is 72.6 Å². The van der Waals surface area contributed by atoms with Crippen molar-refractivity contribution in [3.63, 3.8) is 0 Å². The van der Waals surface area contributed by atoms with Crippen LogP contribution in [0.2, 0.25) is 0 Å². The summed E-state index contributed by atoms with van der Waals surface area (Å²) in [7, 11) is 0. The van der Waals surface area contributed by atoms with Gasteiger partial charge < -0.3 is 20.5 Å². The third-order valence-electron chi connectivity index (χ3n) is 6.49. The number of aliphatic imine (C=N–C) groups is 1. The molecule has 7 heteroatoms. The molecule has 3 N–H and O–H groups in total. The molecule has 0 unspecified atom stereocenters. The zero-order valence-corrected chi connectivity index (χ0v) is 22.4. The fraction of sp³-hybridized carbons (Fsp3) is 0.600. The number of carbonyl (C=O) groups is 1. The molecule has 2 heterocycles. The van der Waals surface area contributed by atoms with Crippen molar-refractivity contribution >= 4 is 46.7 Å². The normalized spacial score (nSPS) is 15.2. The predicted octanol–water partition coefficient (Wildman–Crippen LogP) is 4.62. The minimum absolute atomic E-state index is 0. The molecular weight excluding hydrogens is 513 g/mol. The van der Waals surface area contributed by atoms with Crippen molar-refractivity contribution in [1.82, 2.24) is 20.5 Å². The Balaban J connectivity index is 0.00000363. The maximum absolute atomic E-state index is 12.6. The van der Waals surface area contributed by atoms with E-state index in [9.17, 15) is 4.79 Å². The van der Waals surface area contributed by atoms with E-state index in [1.807, 2.05) is 0 Å². The summed E-state index contributed by atoms with van der Waals surface area (Å²) in [6.45, 7) is 11.7. The van der Waals surface area contributed by atoms with Gasteiger partial charge in [-0.3, -0.25) is 9.79 Å². The van der Waals surface area contributed by atoms with Gasteiger partial charge in [0.15, 0.2) is 5.96 Å². The molecule has 3 rings (SSSR count). The Morgan fingerprint density at radius 2 is 1.94 bits per heavy atom. The Labute approximate surface area is 210 Å². The number of hydrogen-bond donors (Lipinski definition) is 3. The molecule has 32 heavy (non-hydrogen) atoms. The van der Waals surface area contributed by atoms with Crippen molar-refractivity contribution in [3.05, 3.63) is 35.5 Å². The number of nitrogens with zero attached hydrogens (tertiary/aromatic N) is 2. The highest BCUT2D eigenvalue weighted by Crippen LogP contribution is 2.21. The van der Waals surface area contributed by atoms with E-state index in [1.165, 1.54) is 22.0 Å². The molecule has 178 valence electrons. The maximum atomic E-state index is 12.6. The van der Waals surface area contributed by atoms with E-state index in [1.54, 1.807) is 0 Å². The highest BCUT2D eigenvalue weighted by atomic mass is 127. The number of carbonyl (C=O) groups excluding carboxylic acids is 1. The fourth-order valence-electron chi connectivity index (χ4n) is 4.51. The second kappa shape index (κ2) is 13.1. The summed E-state index contributed by atoms with van der Waals surface area (Å²) >= 11 is 0. The lowest BCUT2D eigenvalue weighted by Crippen LogP contribution is -2.50. The molecule has 0 atom stereocenters. The maximum Gasteiger partial charge on any atom is 0.225 e. The van der Waals surface area contributed by atoms with Crippen molar-refractivity contribution in [2.45, 2.75) is 65.8 Å². The molecule has 1 aromatic heterocycles. The van der Waals surface area contributed by atoms with E-state index in [-0.39, 0.29) is 29.9 Å². The third kappa shape index (κ3) is 6.62. The van der Waals surface area contributed by atoms with E-state index >= 15 is 0 Å². The molecule has 6 nitrogen and oxygen atoms in total. The van der Waals surface area contributed by atoms with Gasteiger partial charge in [-0.05, 0) is 57.1 Å². The average molecular weight is 554 g/mol. The molecule has 0 saturated carbocycles. The second-order valence-corrected chi connectivity index (χ2v) is 8.58. The molecule has 1 aliphatic heterocycles. The lowest BCUT2D eigenvalue weighted by Gasteiger charge is -2.34. The van der Waals surface area contributed by atoms with Crippen molar-refractivity contribution in [1.29, 1.82) is 0 Å². The SMILES string of the molecule is CCNC(=NCCc1c[nH]c2c(C)cccc12)NC1CCN(C(=O)C(CC)CC)CC1.I. The lowest BCUT2D eigenvalue weighted by molar-refractivity contribution is -0.136. The molecule has 1 aromatic carbocycles. The smallest absolute Gasteiger partial charge is 0.225 e. The van der Waals surface area contributed by atoms with Crippen LogP contribution in [-0.4, -0.2) is 54.0 Å². The highest BCUT2D eigenvalue weighted by Gasteiger charge is 2.26. The topological polar surface area (TPSA) is 72.5 Å². The number of aryl methyl sites for hydroxylation is 1. The highest BCUT2D eigenvalue weighted by molar-refractivity contribution is 14.0. The quantitative estimate of drug-likeness (QED) is 0.254. The van der Waals surface area contributed by atoms with Gasteiger partial charge in [0, 0.05) is 55.2 Å². The summed E-state index contributed by atoms with van der Waals surface area (Å²) in [5.74, 6) is 1.39. The summed E-state index contributed by atoms with van der Waals surface area (Å²) < 4.78 is 0. The molecular formula is C25H40IN5O. The number of amides is 1. The van der Waals surface area contributed by atoms with Crippen LogP contribution in [0.15, 0.2) is 29.4 Å². The second-order valence-electron chi connectivity index (χ2n) is 8.58. The fourth-order valence-corrected chi connectivity index (χ4v) is 4.51. The first-order chi connectivity index (χ1) is 15.1. The largest absolute Gasteiger partial charge is 0.361 e. The molecule has 1 aliphatic rings. The molecule has 0 bridgehead atoms. The van der Waals surface area contributed by atoms with Gasteiger partial charge >= 0.3 is 0 Å². The van der Waals surface area contributed by atoms with E-state index in [4.69, 9.17) is 4.99 Å². The van der Waals surface area contributed by atoms with Gasteiger partial charge in [-0.15, -0.1) is 24.0 Å². The first kappa shape index (κ1) is 26.5. The monoisotopic (exact) mass is 553 g/mol. The summed E-state index contributed by atoms with van der Waals surface area (Å²) in [6.07, 6.45) is 6.82. The van der Waals surface area contributed by atoms with Crippen molar-refractivity contribution in [2.24, 2.45) is 10.9 Å². The van der Waals surface area contributed by atoms with Crippen LogP contribution in [0.5, 0.6) is 0 Å². The average Bonchev–Trinajstić information content (AvgIpc) is 3.19. The van der Waals surface area contributed by atoms with Gasteiger partial charge in [0.2, 0.25) is 5.91 Å². The molecule has 1 fully saturated rings. The minimum atomic E-state index is 0. The third-order valence-corrected chi connectivity index (χ3v) is 6.49. The molecule has 0 spiro atoms. The van der Waals surface area contributed by atoms with Gasteiger partial charge in [-0.1, -0.05) is 32.0 Å². The van der Waals surface area contributed by atoms with Crippen molar-refractivity contribution in [3.8, 4) is 0 Å². The Bertz CT molecular complexity index is 882. The van der Waals surface area contributed by atoms with Gasteiger partial charge in [0.1, 0.15) is 0 Å². The molecule has 1 amide bonds. The van der Waals surface area contributed by atoms with Crippen LogP contribution in [0.25, 0.3) is 10.9 Å².